The van der Waals surface area contributed by atoms with Gasteiger partial charge in [0.15, 0.2) is 5.17 Å². The van der Waals surface area contributed by atoms with E-state index in [-0.39, 0.29) is 25.6 Å². The number of rotatable bonds is 10. The minimum atomic E-state index is -0.685. The Labute approximate surface area is 270 Å². The summed E-state index contributed by atoms with van der Waals surface area (Å²) < 4.78 is 16.1. The second-order valence-electron chi connectivity index (χ2n) is 10.6. The molecule has 0 bridgehead atoms. The minimum absolute atomic E-state index is 0.111. The first-order valence-electron chi connectivity index (χ1n) is 14.9. The van der Waals surface area contributed by atoms with Crippen molar-refractivity contribution in [3.8, 4) is 0 Å². The molecule has 1 aromatic heterocycles. The number of morpholine rings is 1. The minimum Gasteiger partial charge on any atom is -0.467 e. The number of carbonyl (C=O) groups excluding carboxylic acids is 3. The van der Waals surface area contributed by atoms with Crippen molar-refractivity contribution >= 4 is 51.9 Å². The Balaban J connectivity index is 1.08. The van der Waals surface area contributed by atoms with Gasteiger partial charge in [0.2, 0.25) is 11.8 Å². The number of carbonyl (C=O) groups is 3. The molecule has 2 aliphatic rings. The van der Waals surface area contributed by atoms with Gasteiger partial charge in [-0.25, -0.2) is 9.79 Å². The summed E-state index contributed by atoms with van der Waals surface area (Å²) in [6.07, 6.45) is 0.897. The number of amides is 3. The van der Waals surface area contributed by atoms with Crippen LogP contribution in [0.2, 0.25) is 0 Å². The van der Waals surface area contributed by atoms with Crippen LogP contribution in [0.25, 0.3) is 0 Å². The largest absolute Gasteiger partial charge is 0.467 e. The molecule has 46 heavy (non-hydrogen) atoms. The molecule has 0 saturated carbocycles. The number of furan rings is 1. The molecule has 3 aromatic carbocycles. The Morgan fingerprint density at radius 3 is 2.41 bits per heavy atom. The van der Waals surface area contributed by atoms with Gasteiger partial charge in [0, 0.05) is 24.5 Å². The maximum atomic E-state index is 13.7. The van der Waals surface area contributed by atoms with Crippen molar-refractivity contribution in [1.82, 2.24) is 10.2 Å². The van der Waals surface area contributed by atoms with Crippen LogP contribution in [0, 0.1) is 0 Å². The number of anilines is 2. The highest BCUT2D eigenvalue weighted by atomic mass is 32.2. The number of ether oxygens (including phenoxy) is 2. The van der Waals surface area contributed by atoms with E-state index in [1.54, 1.807) is 41.5 Å². The first kappa shape index (κ1) is 30.9. The van der Waals surface area contributed by atoms with Crippen molar-refractivity contribution < 1.29 is 28.3 Å². The van der Waals surface area contributed by atoms with E-state index in [1.165, 1.54) is 11.8 Å². The van der Waals surface area contributed by atoms with Gasteiger partial charge in [-0.3, -0.25) is 14.5 Å². The number of nitrogens with zero attached hydrogens (tertiary/aromatic N) is 3. The van der Waals surface area contributed by atoms with Crippen LogP contribution in [0.1, 0.15) is 22.1 Å². The quantitative estimate of drug-likeness (QED) is 0.234. The zero-order valence-corrected chi connectivity index (χ0v) is 25.8. The number of nitrogens with one attached hydrogen (secondary N) is 2. The summed E-state index contributed by atoms with van der Waals surface area (Å²) in [5.41, 5.74) is 4.01. The van der Waals surface area contributed by atoms with Gasteiger partial charge in [0.05, 0.1) is 31.7 Å². The molecule has 1 unspecified atom stereocenters. The summed E-state index contributed by atoms with van der Waals surface area (Å²) in [7, 11) is 0. The third-order valence-electron chi connectivity index (χ3n) is 7.39. The van der Waals surface area contributed by atoms with E-state index in [2.05, 4.69) is 15.5 Å². The summed E-state index contributed by atoms with van der Waals surface area (Å²) in [5, 5.41) is 5.25. The maximum Gasteiger partial charge on any atom is 0.407 e. The second-order valence-corrected chi connectivity index (χ2v) is 11.7. The van der Waals surface area contributed by atoms with E-state index >= 15 is 0 Å². The van der Waals surface area contributed by atoms with Crippen LogP contribution in [0.4, 0.5) is 21.9 Å². The van der Waals surface area contributed by atoms with Gasteiger partial charge in [-0.05, 0) is 59.7 Å². The van der Waals surface area contributed by atoms with Gasteiger partial charge in [-0.15, -0.1) is 0 Å². The number of benzene rings is 3. The second kappa shape index (κ2) is 14.8. The monoisotopic (exact) mass is 639 g/mol. The van der Waals surface area contributed by atoms with E-state index in [0.29, 0.717) is 29.8 Å². The fourth-order valence-electron chi connectivity index (χ4n) is 5.00. The van der Waals surface area contributed by atoms with Crippen LogP contribution in [0.15, 0.2) is 107 Å². The summed E-state index contributed by atoms with van der Waals surface area (Å²) in [5.74, 6) is 0.134. The number of alkyl carbamates (subject to hydrolysis) is 1. The van der Waals surface area contributed by atoms with Gasteiger partial charge in [-0.2, -0.15) is 0 Å². The molecule has 3 amide bonds. The molecule has 12 heteroatoms. The SMILES string of the molecule is O=C(CNC(=O)OCc1ccccc1)Nc1ccc(C2SC(=Nc3ccc(N4CCOCC4)cc3)N(Cc3ccco3)C2=O)cc1. The zero-order chi connectivity index (χ0) is 31.7. The van der Waals surface area contributed by atoms with Crippen LogP contribution in [0.3, 0.4) is 0 Å². The summed E-state index contributed by atoms with van der Waals surface area (Å²) >= 11 is 1.37. The molecule has 3 heterocycles. The molecule has 0 radical (unpaired) electrons. The average molecular weight is 640 g/mol. The van der Waals surface area contributed by atoms with Crippen molar-refractivity contribution in [1.29, 1.82) is 0 Å². The Morgan fingerprint density at radius 2 is 1.70 bits per heavy atom. The molecule has 236 valence electrons. The predicted octanol–water partition coefficient (Wildman–Crippen LogP) is 5.49. The lowest BCUT2D eigenvalue weighted by Gasteiger charge is -2.28. The summed E-state index contributed by atoms with van der Waals surface area (Å²) in [6, 6.07) is 27.9. The third kappa shape index (κ3) is 7.95. The molecule has 2 aliphatic heterocycles. The highest BCUT2D eigenvalue weighted by Gasteiger charge is 2.39. The third-order valence-corrected chi connectivity index (χ3v) is 8.62. The number of hydrogen-bond donors (Lipinski definition) is 2. The summed E-state index contributed by atoms with van der Waals surface area (Å²) in [6.45, 7) is 3.24. The molecule has 0 aliphatic carbocycles. The number of amidine groups is 1. The van der Waals surface area contributed by atoms with E-state index < -0.39 is 17.3 Å². The van der Waals surface area contributed by atoms with Gasteiger partial charge in [-0.1, -0.05) is 54.2 Å². The lowest BCUT2D eigenvalue weighted by Crippen LogP contribution is -2.36. The molecule has 1 atom stereocenters. The van der Waals surface area contributed by atoms with Crippen LogP contribution < -0.4 is 15.5 Å². The molecule has 2 N–H and O–H groups in total. The molecule has 2 fully saturated rings. The Morgan fingerprint density at radius 1 is 0.935 bits per heavy atom. The fourth-order valence-corrected chi connectivity index (χ4v) is 6.17. The molecular formula is C34H33N5O6S. The zero-order valence-electron chi connectivity index (χ0n) is 25.0. The first-order chi connectivity index (χ1) is 22.5. The van der Waals surface area contributed by atoms with E-state index in [1.807, 2.05) is 60.7 Å². The summed E-state index contributed by atoms with van der Waals surface area (Å²) in [4.78, 5) is 46.9. The Bertz CT molecular complexity index is 1660. The molecule has 2 saturated heterocycles. The van der Waals surface area contributed by atoms with E-state index in [4.69, 9.17) is 18.9 Å². The average Bonchev–Trinajstić information content (AvgIpc) is 3.72. The molecule has 6 rings (SSSR count). The Kier molecular flexibility index (Phi) is 9.96. The van der Waals surface area contributed by atoms with Crippen LogP contribution in [0.5, 0.6) is 0 Å². The topological polar surface area (TPSA) is 126 Å². The van der Waals surface area contributed by atoms with Gasteiger partial charge in [0.25, 0.3) is 0 Å². The fraction of sp³-hybridized carbons (Fsp3) is 0.235. The normalized spacial score (nSPS) is 17.3. The van der Waals surface area contributed by atoms with Crippen LogP contribution in [-0.2, 0) is 32.2 Å². The van der Waals surface area contributed by atoms with Crippen LogP contribution in [-0.4, -0.2) is 60.8 Å². The number of aliphatic imine (C=N–C) groups is 1. The molecular weight excluding hydrogens is 606 g/mol. The molecule has 0 spiro atoms. The van der Waals surface area contributed by atoms with Crippen molar-refractivity contribution in [2.45, 2.75) is 18.4 Å². The van der Waals surface area contributed by atoms with Gasteiger partial charge < -0.3 is 29.4 Å². The number of hydrogen-bond acceptors (Lipinski definition) is 9. The van der Waals surface area contributed by atoms with Crippen LogP contribution >= 0.6 is 11.8 Å². The lowest BCUT2D eigenvalue weighted by atomic mass is 10.1. The van der Waals surface area contributed by atoms with Gasteiger partial charge in [0.1, 0.15) is 24.2 Å². The van der Waals surface area contributed by atoms with Gasteiger partial charge >= 0.3 is 6.09 Å². The number of thioether (sulfide) groups is 1. The highest BCUT2D eigenvalue weighted by Crippen LogP contribution is 2.41. The van der Waals surface area contributed by atoms with Crippen molar-refractivity contribution in [3.63, 3.8) is 0 Å². The first-order valence-corrected chi connectivity index (χ1v) is 15.8. The van der Waals surface area contributed by atoms with Crippen molar-refractivity contribution in [2.75, 3.05) is 43.1 Å². The van der Waals surface area contributed by atoms with E-state index in [0.717, 1.165) is 35.6 Å². The van der Waals surface area contributed by atoms with Crippen molar-refractivity contribution in [2.24, 2.45) is 4.99 Å². The highest BCUT2D eigenvalue weighted by molar-refractivity contribution is 8.15. The maximum absolute atomic E-state index is 13.7. The lowest BCUT2D eigenvalue weighted by molar-refractivity contribution is -0.126. The smallest absolute Gasteiger partial charge is 0.407 e. The predicted molar refractivity (Wildman–Crippen MR) is 176 cm³/mol. The molecule has 11 nitrogen and oxygen atoms in total. The standard InChI is InChI=1S/C34H33N5O6S/c40-30(21-35-34(42)45-23-24-5-2-1-3-6-24)36-26-10-8-25(9-11-26)31-32(41)39(22-29-7-4-18-44-29)33(46-31)37-27-12-14-28(15-13-27)38-16-19-43-20-17-38/h1-15,18,31H,16-17,19-23H2,(H,35,42)(H,36,40). The van der Waals surface area contributed by atoms with E-state index in [9.17, 15) is 14.4 Å². The Hall–Kier alpha value is -5.07. The van der Waals surface area contributed by atoms with Crippen molar-refractivity contribution in [3.05, 3.63) is 114 Å². The molecule has 4 aromatic rings.